The van der Waals surface area contributed by atoms with Gasteiger partial charge < -0.3 is 15.4 Å². The third-order valence-corrected chi connectivity index (χ3v) is 3.56. The number of aromatic amines is 1. The molecule has 0 fully saturated rings. The summed E-state index contributed by atoms with van der Waals surface area (Å²) >= 11 is 0. The highest BCUT2D eigenvalue weighted by molar-refractivity contribution is 5.76. The fraction of sp³-hybridized carbons (Fsp3) is 0.235. The predicted octanol–water partition coefficient (Wildman–Crippen LogP) is 2.78. The van der Waals surface area contributed by atoms with Gasteiger partial charge in [-0.05, 0) is 42.8 Å². The van der Waals surface area contributed by atoms with Crippen molar-refractivity contribution in [3.8, 4) is 5.75 Å². The summed E-state index contributed by atoms with van der Waals surface area (Å²) in [7, 11) is 0. The standard InChI is InChI=1S/C17H18FN3O/c18-13-3-1-12(2-4-13)7-9-19-10-8-17-20-15-6-5-14(22)11-16(15)21-17/h1-6,11,19,22H,7-10H2,(H,20,21). The molecule has 0 atom stereocenters. The SMILES string of the molecule is Oc1ccc2nc(CCNCCc3ccc(F)cc3)[nH]c2c1. The summed E-state index contributed by atoms with van der Waals surface area (Å²) in [5, 5.41) is 12.8. The van der Waals surface area contributed by atoms with Crippen LogP contribution in [0.2, 0.25) is 0 Å². The number of halogens is 1. The number of fused-ring (bicyclic) bond motifs is 1. The average molecular weight is 299 g/mol. The molecule has 0 aliphatic rings. The van der Waals surface area contributed by atoms with E-state index in [1.54, 1.807) is 18.2 Å². The molecule has 0 spiro atoms. The fourth-order valence-electron chi connectivity index (χ4n) is 2.38. The number of benzene rings is 2. The van der Waals surface area contributed by atoms with Gasteiger partial charge >= 0.3 is 0 Å². The zero-order valence-electron chi connectivity index (χ0n) is 12.1. The Hall–Kier alpha value is -2.40. The molecule has 22 heavy (non-hydrogen) atoms. The number of hydrogen-bond acceptors (Lipinski definition) is 3. The van der Waals surface area contributed by atoms with E-state index in [4.69, 9.17) is 0 Å². The van der Waals surface area contributed by atoms with Crippen LogP contribution in [0.3, 0.4) is 0 Å². The Kier molecular flexibility index (Phi) is 4.34. The average Bonchev–Trinajstić information content (AvgIpc) is 2.90. The summed E-state index contributed by atoms with van der Waals surface area (Å²) in [6.07, 6.45) is 1.66. The van der Waals surface area contributed by atoms with E-state index in [-0.39, 0.29) is 11.6 Å². The Morgan fingerprint density at radius 3 is 2.64 bits per heavy atom. The Morgan fingerprint density at radius 2 is 1.82 bits per heavy atom. The molecule has 3 N–H and O–H groups in total. The van der Waals surface area contributed by atoms with E-state index in [1.807, 2.05) is 12.1 Å². The maximum Gasteiger partial charge on any atom is 0.123 e. The van der Waals surface area contributed by atoms with E-state index in [0.717, 1.165) is 48.4 Å². The van der Waals surface area contributed by atoms with Gasteiger partial charge in [0.25, 0.3) is 0 Å². The minimum atomic E-state index is -0.201. The molecule has 0 aliphatic carbocycles. The van der Waals surface area contributed by atoms with E-state index in [0.29, 0.717) is 0 Å². The van der Waals surface area contributed by atoms with Gasteiger partial charge in [-0.15, -0.1) is 0 Å². The maximum atomic E-state index is 12.8. The smallest absolute Gasteiger partial charge is 0.123 e. The normalized spacial score (nSPS) is 11.1. The van der Waals surface area contributed by atoms with Gasteiger partial charge in [0.2, 0.25) is 0 Å². The summed E-state index contributed by atoms with van der Waals surface area (Å²) in [4.78, 5) is 7.67. The molecular weight excluding hydrogens is 281 g/mol. The van der Waals surface area contributed by atoms with Crippen LogP contribution in [0.25, 0.3) is 11.0 Å². The molecular formula is C17H18FN3O. The van der Waals surface area contributed by atoms with E-state index >= 15 is 0 Å². The van der Waals surface area contributed by atoms with E-state index < -0.39 is 0 Å². The van der Waals surface area contributed by atoms with Crippen LogP contribution in [0, 0.1) is 5.82 Å². The monoisotopic (exact) mass is 299 g/mol. The molecule has 3 aromatic rings. The molecule has 5 heteroatoms. The van der Waals surface area contributed by atoms with Gasteiger partial charge in [0.05, 0.1) is 11.0 Å². The highest BCUT2D eigenvalue weighted by Gasteiger charge is 2.03. The number of aromatic nitrogens is 2. The highest BCUT2D eigenvalue weighted by atomic mass is 19.1. The Bertz CT molecular complexity index is 752. The quantitative estimate of drug-likeness (QED) is 0.613. The molecule has 0 bridgehead atoms. The predicted molar refractivity (Wildman–Crippen MR) is 84.4 cm³/mol. The lowest BCUT2D eigenvalue weighted by Gasteiger charge is -2.03. The lowest BCUT2D eigenvalue weighted by molar-refractivity contribution is 0.476. The first-order chi connectivity index (χ1) is 10.7. The van der Waals surface area contributed by atoms with Crippen molar-refractivity contribution in [3.05, 3.63) is 59.7 Å². The summed E-state index contributed by atoms with van der Waals surface area (Å²) < 4.78 is 12.8. The van der Waals surface area contributed by atoms with Crippen LogP contribution < -0.4 is 5.32 Å². The van der Waals surface area contributed by atoms with Gasteiger partial charge in [0.15, 0.2) is 0 Å². The Morgan fingerprint density at radius 1 is 1.05 bits per heavy atom. The number of phenolic OH excluding ortho intramolecular Hbond substituents is 1. The van der Waals surface area contributed by atoms with Crippen LogP contribution >= 0.6 is 0 Å². The number of nitrogens with zero attached hydrogens (tertiary/aromatic N) is 1. The minimum Gasteiger partial charge on any atom is -0.508 e. The molecule has 0 amide bonds. The van der Waals surface area contributed by atoms with Crippen LogP contribution in [0.1, 0.15) is 11.4 Å². The third kappa shape index (κ3) is 3.62. The fourth-order valence-corrected chi connectivity index (χ4v) is 2.38. The van der Waals surface area contributed by atoms with Crippen molar-refractivity contribution in [2.75, 3.05) is 13.1 Å². The molecule has 3 rings (SSSR count). The number of hydrogen-bond donors (Lipinski definition) is 3. The van der Waals surface area contributed by atoms with Crippen molar-refractivity contribution in [1.29, 1.82) is 0 Å². The molecule has 114 valence electrons. The van der Waals surface area contributed by atoms with Crippen molar-refractivity contribution in [3.63, 3.8) is 0 Å². The topological polar surface area (TPSA) is 60.9 Å². The van der Waals surface area contributed by atoms with Crippen LogP contribution in [0.5, 0.6) is 5.75 Å². The third-order valence-electron chi connectivity index (χ3n) is 3.56. The van der Waals surface area contributed by atoms with Gasteiger partial charge in [0, 0.05) is 19.0 Å². The first kappa shape index (κ1) is 14.5. The van der Waals surface area contributed by atoms with Crippen molar-refractivity contribution in [2.24, 2.45) is 0 Å². The summed E-state index contributed by atoms with van der Waals surface area (Å²) in [5.74, 6) is 0.933. The van der Waals surface area contributed by atoms with Gasteiger partial charge in [-0.25, -0.2) is 9.37 Å². The Labute approximate surface area is 128 Å². The Balaban J connectivity index is 1.45. The minimum absolute atomic E-state index is 0.201. The van der Waals surface area contributed by atoms with Crippen LogP contribution in [-0.4, -0.2) is 28.2 Å². The second kappa shape index (κ2) is 6.58. The summed E-state index contributed by atoms with van der Waals surface area (Å²) in [5.41, 5.74) is 2.83. The lowest BCUT2D eigenvalue weighted by Crippen LogP contribution is -2.20. The second-order valence-corrected chi connectivity index (χ2v) is 5.26. The van der Waals surface area contributed by atoms with Crippen molar-refractivity contribution >= 4 is 11.0 Å². The molecule has 1 aromatic heterocycles. The number of nitrogens with one attached hydrogen (secondary N) is 2. The lowest BCUT2D eigenvalue weighted by atomic mass is 10.1. The summed E-state index contributed by atoms with van der Waals surface area (Å²) in [6, 6.07) is 11.7. The first-order valence-corrected chi connectivity index (χ1v) is 7.33. The zero-order valence-corrected chi connectivity index (χ0v) is 12.1. The molecule has 1 heterocycles. The number of phenols is 1. The number of H-pyrrole nitrogens is 1. The van der Waals surface area contributed by atoms with Crippen LogP contribution in [-0.2, 0) is 12.8 Å². The molecule has 4 nitrogen and oxygen atoms in total. The molecule has 0 unspecified atom stereocenters. The van der Waals surface area contributed by atoms with Crippen molar-refractivity contribution in [1.82, 2.24) is 15.3 Å². The first-order valence-electron chi connectivity index (χ1n) is 7.33. The van der Waals surface area contributed by atoms with Gasteiger partial charge in [-0.1, -0.05) is 12.1 Å². The van der Waals surface area contributed by atoms with E-state index in [2.05, 4.69) is 15.3 Å². The highest BCUT2D eigenvalue weighted by Crippen LogP contribution is 2.17. The molecule has 0 saturated heterocycles. The van der Waals surface area contributed by atoms with E-state index in [9.17, 15) is 9.50 Å². The van der Waals surface area contributed by atoms with Crippen LogP contribution in [0.15, 0.2) is 42.5 Å². The number of rotatable bonds is 6. The maximum absolute atomic E-state index is 12.8. The van der Waals surface area contributed by atoms with E-state index in [1.165, 1.54) is 12.1 Å². The van der Waals surface area contributed by atoms with Gasteiger partial charge in [0.1, 0.15) is 17.4 Å². The summed E-state index contributed by atoms with van der Waals surface area (Å²) in [6.45, 7) is 1.65. The van der Waals surface area contributed by atoms with Gasteiger partial charge in [-0.2, -0.15) is 0 Å². The van der Waals surface area contributed by atoms with Crippen LogP contribution in [0.4, 0.5) is 4.39 Å². The molecule has 0 aliphatic heterocycles. The zero-order chi connectivity index (χ0) is 15.4. The molecule has 2 aromatic carbocycles. The van der Waals surface area contributed by atoms with Gasteiger partial charge in [-0.3, -0.25) is 0 Å². The van der Waals surface area contributed by atoms with Crippen molar-refractivity contribution in [2.45, 2.75) is 12.8 Å². The number of imidazole rings is 1. The number of aromatic hydroxyl groups is 1. The second-order valence-electron chi connectivity index (χ2n) is 5.26. The largest absolute Gasteiger partial charge is 0.508 e. The molecule has 0 radical (unpaired) electrons. The van der Waals surface area contributed by atoms with Crippen molar-refractivity contribution < 1.29 is 9.50 Å². The molecule has 0 saturated carbocycles.